The predicted octanol–water partition coefficient (Wildman–Crippen LogP) is 1.12. The van der Waals surface area contributed by atoms with E-state index in [1.807, 2.05) is 35.2 Å². The Bertz CT molecular complexity index is 559. The van der Waals surface area contributed by atoms with Crippen LogP contribution >= 0.6 is 0 Å². The molecule has 1 atom stereocenters. The molecule has 5 heteroatoms. The fourth-order valence-electron chi connectivity index (χ4n) is 3.64. The first kappa shape index (κ1) is 16.1. The van der Waals surface area contributed by atoms with E-state index in [1.165, 1.54) is 0 Å². The molecule has 0 bridgehead atoms. The molecule has 1 amide bonds. The van der Waals surface area contributed by atoms with Crippen molar-refractivity contribution in [1.82, 2.24) is 10.2 Å². The van der Waals surface area contributed by atoms with Gasteiger partial charge in [-0.25, -0.2) is 0 Å². The zero-order chi connectivity index (χ0) is 16.3. The van der Waals surface area contributed by atoms with E-state index < -0.39 is 5.41 Å². The third-order valence-electron chi connectivity index (χ3n) is 5.13. The van der Waals surface area contributed by atoms with Crippen molar-refractivity contribution in [2.75, 3.05) is 32.8 Å². The number of ketones is 1. The number of ether oxygens (including phenoxy) is 1. The van der Waals surface area contributed by atoms with Crippen LogP contribution in [0.1, 0.15) is 25.3 Å². The Morgan fingerprint density at radius 2 is 1.91 bits per heavy atom. The predicted molar refractivity (Wildman–Crippen MR) is 87.2 cm³/mol. The van der Waals surface area contributed by atoms with Crippen LogP contribution in [0.2, 0.25) is 0 Å². The van der Waals surface area contributed by atoms with E-state index in [-0.39, 0.29) is 17.8 Å². The van der Waals surface area contributed by atoms with Gasteiger partial charge in [-0.2, -0.15) is 0 Å². The molecule has 0 aromatic heterocycles. The Hall–Kier alpha value is -1.72. The topological polar surface area (TPSA) is 58.6 Å². The lowest BCUT2D eigenvalue weighted by atomic mass is 9.70. The quantitative estimate of drug-likeness (QED) is 0.908. The number of morpholine rings is 1. The molecular formula is C18H24N2O3. The van der Waals surface area contributed by atoms with E-state index in [0.29, 0.717) is 39.1 Å². The van der Waals surface area contributed by atoms with Crippen LogP contribution in [0.25, 0.3) is 0 Å². The Morgan fingerprint density at radius 1 is 1.22 bits per heavy atom. The molecule has 0 radical (unpaired) electrons. The maximum Gasteiger partial charge on any atom is 0.253 e. The number of carbonyl (C=O) groups excluding carboxylic acids is 2. The molecular weight excluding hydrogens is 292 g/mol. The monoisotopic (exact) mass is 316 g/mol. The van der Waals surface area contributed by atoms with Gasteiger partial charge < -0.3 is 15.0 Å². The molecule has 5 nitrogen and oxygen atoms in total. The summed E-state index contributed by atoms with van der Waals surface area (Å²) >= 11 is 0. The number of rotatable bonds is 3. The summed E-state index contributed by atoms with van der Waals surface area (Å²) in [6, 6.07) is 9.95. The molecule has 2 aliphatic heterocycles. The minimum atomic E-state index is -0.455. The van der Waals surface area contributed by atoms with Gasteiger partial charge in [0.1, 0.15) is 11.9 Å². The maximum atomic E-state index is 12.5. The van der Waals surface area contributed by atoms with Crippen LogP contribution in [0.4, 0.5) is 0 Å². The first-order chi connectivity index (χ1) is 11.1. The average Bonchev–Trinajstić information content (AvgIpc) is 2.62. The van der Waals surface area contributed by atoms with Gasteiger partial charge in [-0.3, -0.25) is 9.59 Å². The molecule has 0 unspecified atom stereocenters. The number of Topliss-reactive ketones (excluding diaryl/α,β-unsaturated/α-hetero) is 1. The Morgan fingerprint density at radius 3 is 2.48 bits per heavy atom. The number of hydrogen-bond acceptors (Lipinski definition) is 4. The zero-order valence-electron chi connectivity index (χ0n) is 13.6. The summed E-state index contributed by atoms with van der Waals surface area (Å²) in [7, 11) is 0. The second-order valence-corrected chi connectivity index (χ2v) is 6.39. The summed E-state index contributed by atoms with van der Waals surface area (Å²) in [5, 5.41) is 3.19. The van der Waals surface area contributed by atoms with Crippen molar-refractivity contribution in [1.29, 1.82) is 0 Å². The Labute approximate surface area is 137 Å². The van der Waals surface area contributed by atoms with Gasteiger partial charge in [-0.1, -0.05) is 30.3 Å². The molecule has 1 N–H and O–H groups in total. The summed E-state index contributed by atoms with van der Waals surface area (Å²) < 4.78 is 5.56. The lowest BCUT2D eigenvalue weighted by Gasteiger charge is -2.41. The van der Waals surface area contributed by atoms with E-state index in [4.69, 9.17) is 4.74 Å². The SMILES string of the molecule is CC(=O)C1(c2ccccc2)CCN(C(=O)[C@@H]2CNCCO2)CC1. The molecule has 0 aliphatic carbocycles. The number of nitrogens with zero attached hydrogens (tertiary/aromatic N) is 1. The first-order valence-electron chi connectivity index (χ1n) is 8.31. The molecule has 2 fully saturated rings. The van der Waals surface area contributed by atoms with Gasteiger partial charge in [0.05, 0.1) is 12.0 Å². The van der Waals surface area contributed by atoms with Crippen LogP contribution in [0, 0.1) is 0 Å². The highest BCUT2D eigenvalue weighted by Crippen LogP contribution is 2.36. The van der Waals surface area contributed by atoms with E-state index >= 15 is 0 Å². The Kier molecular flexibility index (Phi) is 4.78. The summed E-state index contributed by atoms with van der Waals surface area (Å²) in [6.45, 7) is 4.82. The van der Waals surface area contributed by atoms with Crippen LogP contribution < -0.4 is 5.32 Å². The molecule has 0 spiro atoms. The third kappa shape index (κ3) is 3.16. The van der Waals surface area contributed by atoms with Gasteiger partial charge in [-0.15, -0.1) is 0 Å². The lowest BCUT2D eigenvalue weighted by Crippen LogP contribution is -2.54. The molecule has 2 aliphatic rings. The van der Waals surface area contributed by atoms with Crippen LogP contribution in [0.3, 0.4) is 0 Å². The van der Waals surface area contributed by atoms with Gasteiger partial charge in [0, 0.05) is 26.2 Å². The van der Waals surface area contributed by atoms with Crippen LogP contribution in [-0.2, 0) is 19.7 Å². The van der Waals surface area contributed by atoms with E-state index in [2.05, 4.69) is 5.32 Å². The number of carbonyl (C=O) groups is 2. The van der Waals surface area contributed by atoms with Gasteiger partial charge in [0.25, 0.3) is 5.91 Å². The first-order valence-corrected chi connectivity index (χ1v) is 8.31. The standard InChI is InChI=1S/C18H24N2O3/c1-14(21)18(15-5-3-2-4-6-15)7-10-20(11-8-18)17(22)16-13-19-9-12-23-16/h2-6,16,19H,7-13H2,1H3/t16-/m0/s1. The van der Waals surface area contributed by atoms with Crippen molar-refractivity contribution < 1.29 is 14.3 Å². The van der Waals surface area contributed by atoms with E-state index in [0.717, 1.165) is 12.1 Å². The minimum Gasteiger partial charge on any atom is -0.366 e. The lowest BCUT2D eigenvalue weighted by molar-refractivity contribution is -0.148. The molecule has 2 heterocycles. The number of piperidine rings is 1. The van der Waals surface area contributed by atoms with Gasteiger partial charge in [0.2, 0.25) is 0 Å². The molecule has 23 heavy (non-hydrogen) atoms. The molecule has 2 saturated heterocycles. The second-order valence-electron chi connectivity index (χ2n) is 6.39. The van der Waals surface area contributed by atoms with Gasteiger partial charge in [-0.05, 0) is 25.3 Å². The number of hydrogen-bond donors (Lipinski definition) is 1. The van der Waals surface area contributed by atoms with Crippen molar-refractivity contribution >= 4 is 11.7 Å². The number of likely N-dealkylation sites (tertiary alicyclic amines) is 1. The van der Waals surface area contributed by atoms with Gasteiger partial charge >= 0.3 is 0 Å². The van der Waals surface area contributed by atoms with Crippen molar-refractivity contribution in [2.45, 2.75) is 31.3 Å². The molecule has 1 aromatic rings. The summed E-state index contributed by atoms with van der Waals surface area (Å²) in [6.07, 6.45) is 0.974. The van der Waals surface area contributed by atoms with Crippen molar-refractivity contribution in [3.05, 3.63) is 35.9 Å². The summed E-state index contributed by atoms with van der Waals surface area (Å²) in [4.78, 5) is 26.8. The third-order valence-corrected chi connectivity index (χ3v) is 5.13. The second kappa shape index (κ2) is 6.81. The summed E-state index contributed by atoms with van der Waals surface area (Å²) in [5.74, 6) is 0.230. The molecule has 124 valence electrons. The maximum absolute atomic E-state index is 12.5. The highest BCUT2D eigenvalue weighted by Gasteiger charge is 2.42. The minimum absolute atomic E-state index is 0.0439. The zero-order valence-corrected chi connectivity index (χ0v) is 13.6. The normalized spacial score (nSPS) is 24.2. The largest absolute Gasteiger partial charge is 0.366 e. The highest BCUT2D eigenvalue weighted by molar-refractivity contribution is 5.89. The Balaban J connectivity index is 1.70. The van der Waals surface area contributed by atoms with Crippen LogP contribution in [-0.4, -0.2) is 55.5 Å². The van der Waals surface area contributed by atoms with Crippen molar-refractivity contribution in [2.24, 2.45) is 0 Å². The van der Waals surface area contributed by atoms with Crippen molar-refractivity contribution in [3.8, 4) is 0 Å². The average molecular weight is 316 g/mol. The fourth-order valence-corrected chi connectivity index (χ4v) is 3.64. The molecule has 0 saturated carbocycles. The molecule has 3 rings (SSSR count). The van der Waals surface area contributed by atoms with Crippen molar-refractivity contribution in [3.63, 3.8) is 0 Å². The number of nitrogens with one attached hydrogen (secondary N) is 1. The number of benzene rings is 1. The highest BCUT2D eigenvalue weighted by atomic mass is 16.5. The van der Waals surface area contributed by atoms with E-state index in [1.54, 1.807) is 6.92 Å². The van der Waals surface area contributed by atoms with Crippen LogP contribution in [0.5, 0.6) is 0 Å². The fraction of sp³-hybridized carbons (Fsp3) is 0.556. The summed E-state index contributed by atoms with van der Waals surface area (Å²) in [5.41, 5.74) is 0.610. The van der Waals surface area contributed by atoms with Crippen LogP contribution in [0.15, 0.2) is 30.3 Å². The van der Waals surface area contributed by atoms with Gasteiger partial charge in [0.15, 0.2) is 0 Å². The smallest absolute Gasteiger partial charge is 0.253 e. The number of amides is 1. The van der Waals surface area contributed by atoms with E-state index in [9.17, 15) is 9.59 Å². The molecule has 1 aromatic carbocycles.